The molecule has 0 spiro atoms. The van der Waals surface area contributed by atoms with E-state index in [1.165, 1.54) is 17.0 Å². The first-order valence-electron chi connectivity index (χ1n) is 19.6. The molecule has 0 aliphatic carbocycles. The number of hydrogen-bond donors (Lipinski definition) is 5. The number of nitrogens with one attached hydrogen (secondary N) is 4. The number of amides is 5. The normalized spacial score (nSPS) is 11.5. The van der Waals surface area contributed by atoms with Crippen LogP contribution in [0.3, 0.4) is 0 Å². The van der Waals surface area contributed by atoms with Gasteiger partial charge in [-0.25, -0.2) is 14.4 Å². The Morgan fingerprint density at radius 2 is 1.16 bits per heavy atom. The lowest BCUT2D eigenvalue weighted by Gasteiger charge is -2.29. The fourth-order valence-corrected chi connectivity index (χ4v) is 4.83. The summed E-state index contributed by atoms with van der Waals surface area (Å²) < 4.78 is 28.2. The first-order chi connectivity index (χ1) is 26.8. The average Bonchev–Trinajstić information content (AvgIpc) is 3.04. The van der Waals surface area contributed by atoms with Crippen LogP contribution in [0.5, 0.6) is 11.5 Å². The Morgan fingerprint density at radius 3 is 1.67 bits per heavy atom. The van der Waals surface area contributed by atoms with Crippen molar-refractivity contribution in [2.24, 2.45) is 5.73 Å². The van der Waals surface area contributed by atoms with E-state index in [2.05, 4.69) is 34.4 Å². The van der Waals surface area contributed by atoms with E-state index >= 15 is 0 Å². The summed E-state index contributed by atoms with van der Waals surface area (Å²) in [7, 11) is 3.77. The molecule has 58 heavy (non-hydrogen) atoms. The summed E-state index contributed by atoms with van der Waals surface area (Å²) in [4.78, 5) is 66.3. The molecule has 1 aromatic carbocycles. The molecule has 0 radical (unpaired) electrons. The Balaban J connectivity index is 2.95. The topological polar surface area (TPSA) is 212 Å². The zero-order valence-corrected chi connectivity index (χ0v) is 36.6. The van der Waals surface area contributed by atoms with Crippen LogP contribution in [-0.2, 0) is 14.2 Å². The number of rotatable bonds is 23. The lowest BCUT2D eigenvalue weighted by molar-refractivity contribution is 0.0282. The minimum absolute atomic E-state index is 0.0157. The quantitative estimate of drug-likeness (QED) is 0.0636. The summed E-state index contributed by atoms with van der Waals surface area (Å²) in [6, 6.07) is 2.89. The van der Waals surface area contributed by atoms with E-state index in [1.54, 1.807) is 62.3 Å². The SMILES string of the molecule is C=C(NCCCCCOc1cc(OCCCCCN(C(=C)NC(=O)OC(C)(C)C)C(=O)OC(C)(C)C)c(C(=O)NCCN(C)C)cc1C(N)=O)NC(=O)OC(C)(C)C. The second-order valence-corrected chi connectivity index (χ2v) is 16.8. The van der Waals surface area contributed by atoms with Crippen molar-refractivity contribution in [2.45, 2.75) is 118 Å². The summed E-state index contributed by atoms with van der Waals surface area (Å²) >= 11 is 0. The molecule has 6 N–H and O–H groups in total. The maximum absolute atomic E-state index is 13.3. The number of ether oxygens (including phenoxy) is 5. The van der Waals surface area contributed by atoms with E-state index < -0.39 is 46.9 Å². The highest BCUT2D eigenvalue weighted by molar-refractivity contribution is 6.02. The Labute approximate surface area is 344 Å². The second kappa shape index (κ2) is 23.9. The van der Waals surface area contributed by atoms with E-state index in [0.717, 1.165) is 12.8 Å². The second-order valence-electron chi connectivity index (χ2n) is 16.8. The summed E-state index contributed by atoms with van der Waals surface area (Å²) in [6.45, 7) is 25.5. The summed E-state index contributed by atoms with van der Waals surface area (Å²) in [5.41, 5.74) is 3.74. The fraction of sp³-hybridized carbons (Fsp3) is 0.634. The third kappa shape index (κ3) is 22.5. The summed E-state index contributed by atoms with van der Waals surface area (Å²) in [6.07, 6.45) is 1.72. The van der Waals surface area contributed by atoms with Crippen LogP contribution in [0.15, 0.2) is 36.9 Å². The van der Waals surface area contributed by atoms with Crippen molar-refractivity contribution in [1.29, 1.82) is 0 Å². The molecule has 0 saturated heterocycles. The summed E-state index contributed by atoms with van der Waals surface area (Å²) in [5.74, 6) is -0.457. The van der Waals surface area contributed by atoms with Gasteiger partial charge in [0, 0.05) is 32.2 Å². The standard InChI is InChI=1S/C41H69N7O10/c1-28(45-36(51)56-39(3,4)5)43-20-16-14-18-24-54-32-27-33(31(26-30(32)34(42)49)35(50)44-21-23-47(12)13)55-25-19-15-17-22-48(38(53)58-41(9,10)11)29(2)46-37(52)57-40(6,7)8/h26-27,43H,1-2,14-25H2,3-13H3,(H2,42,49)(H,44,50)(H,45,51)(H,46,52). The van der Waals surface area contributed by atoms with Crippen molar-refractivity contribution in [3.05, 3.63) is 48.1 Å². The lowest BCUT2D eigenvalue weighted by atomic mass is 10.1. The Morgan fingerprint density at radius 1 is 0.638 bits per heavy atom. The van der Waals surface area contributed by atoms with Crippen molar-refractivity contribution >= 4 is 30.1 Å². The molecule has 0 aliphatic rings. The largest absolute Gasteiger partial charge is 0.493 e. The van der Waals surface area contributed by atoms with Gasteiger partial charge < -0.3 is 45.0 Å². The smallest absolute Gasteiger partial charge is 0.415 e. The number of hydrogen-bond acceptors (Lipinski definition) is 12. The molecule has 0 aromatic heterocycles. The van der Waals surface area contributed by atoms with Gasteiger partial charge in [-0.1, -0.05) is 13.2 Å². The Hall–Kier alpha value is -5.19. The van der Waals surface area contributed by atoms with Crippen molar-refractivity contribution in [1.82, 2.24) is 31.1 Å². The van der Waals surface area contributed by atoms with E-state index in [0.29, 0.717) is 51.1 Å². The van der Waals surface area contributed by atoms with Crippen LogP contribution in [-0.4, -0.2) is 110 Å². The Kier molecular flexibility index (Phi) is 20.9. The molecule has 17 nitrogen and oxygen atoms in total. The van der Waals surface area contributed by atoms with Gasteiger partial charge in [0.05, 0.1) is 24.3 Å². The van der Waals surface area contributed by atoms with E-state index in [1.807, 2.05) is 19.0 Å². The maximum atomic E-state index is 13.3. The first-order valence-corrected chi connectivity index (χ1v) is 19.6. The van der Waals surface area contributed by atoms with Crippen molar-refractivity contribution in [2.75, 3.05) is 53.5 Å². The molecular formula is C41H69N7O10. The van der Waals surface area contributed by atoms with E-state index in [9.17, 15) is 24.0 Å². The van der Waals surface area contributed by atoms with Crippen LogP contribution >= 0.6 is 0 Å². The van der Waals surface area contributed by atoms with Gasteiger partial charge in [0.2, 0.25) is 0 Å². The number of likely N-dealkylation sites (N-methyl/N-ethyl adjacent to an activating group) is 1. The van der Waals surface area contributed by atoms with Gasteiger partial charge >= 0.3 is 18.3 Å². The third-order valence-electron chi connectivity index (χ3n) is 7.37. The van der Waals surface area contributed by atoms with Crippen LogP contribution < -0.4 is 36.5 Å². The van der Waals surface area contributed by atoms with Gasteiger partial charge in [0.25, 0.3) is 11.8 Å². The van der Waals surface area contributed by atoms with Crippen LogP contribution in [0.4, 0.5) is 14.4 Å². The third-order valence-corrected chi connectivity index (χ3v) is 7.37. The predicted molar refractivity (Wildman–Crippen MR) is 223 cm³/mol. The average molecular weight is 820 g/mol. The van der Waals surface area contributed by atoms with Crippen molar-refractivity contribution in [3.8, 4) is 11.5 Å². The molecule has 0 aliphatic heterocycles. The van der Waals surface area contributed by atoms with Gasteiger partial charge in [0.15, 0.2) is 0 Å². The molecule has 1 aromatic rings. The first kappa shape index (κ1) is 50.8. The van der Waals surface area contributed by atoms with Gasteiger partial charge in [-0.05, 0) is 121 Å². The minimum atomic E-state index is -0.782. The van der Waals surface area contributed by atoms with Gasteiger partial charge in [-0.2, -0.15) is 0 Å². The molecule has 0 atom stereocenters. The van der Waals surface area contributed by atoms with Crippen LogP contribution in [0.25, 0.3) is 0 Å². The molecule has 0 bridgehead atoms. The van der Waals surface area contributed by atoms with Crippen LogP contribution in [0.1, 0.15) is 122 Å². The van der Waals surface area contributed by atoms with Crippen molar-refractivity contribution in [3.63, 3.8) is 0 Å². The monoisotopic (exact) mass is 820 g/mol. The van der Waals surface area contributed by atoms with Crippen LogP contribution in [0, 0.1) is 0 Å². The molecule has 17 heteroatoms. The zero-order chi connectivity index (χ0) is 44.3. The molecule has 5 amide bonds. The highest BCUT2D eigenvalue weighted by Crippen LogP contribution is 2.30. The highest BCUT2D eigenvalue weighted by atomic mass is 16.6. The molecular weight excluding hydrogens is 750 g/mol. The summed E-state index contributed by atoms with van der Waals surface area (Å²) in [5, 5.41) is 10.9. The minimum Gasteiger partial charge on any atom is -0.493 e. The fourth-order valence-electron chi connectivity index (χ4n) is 4.83. The molecule has 0 heterocycles. The maximum Gasteiger partial charge on any atom is 0.415 e. The number of alkyl carbamates (subject to hydrolysis) is 2. The Bertz CT molecular complexity index is 1560. The van der Waals surface area contributed by atoms with Crippen LogP contribution in [0.2, 0.25) is 0 Å². The highest BCUT2D eigenvalue weighted by Gasteiger charge is 2.27. The molecule has 0 fully saturated rings. The number of benzene rings is 1. The van der Waals surface area contributed by atoms with Gasteiger partial charge in [0.1, 0.15) is 39.9 Å². The lowest BCUT2D eigenvalue weighted by Crippen LogP contribution is -2.43. The number of carbonyl (C=O) groups excluding carboxylic acids is 5. The number of primary amides is 1. The van der Waals surface area contributed by atoms with Gasteiger partial charge in [-0.15, -0.1) is 0 Å². The number of carbonyl (C=O) groups is 5. The molecule has 0 unspecified atom stereocenters. The number of nitrogens with two attached hydrogens (primary N) is 1. The molecule has 1 rings (SSSR count). The molecule has 328 valence electrons. The zero-order valence-electron chi connectivity index (χ0n) is 36.6. The van der Waals surface area contributed by atoms with E-state index in [-0.39, 0.29) is 48.2 Å². The van der Waals surface area contributed by atoms with Gasteiger partial charge in [-0.3, -0.25) is 25.1 Å². The number of nitrogens with zero attached hydrogens (tertiary/aromatic N) is 2. The molecule has 0 saturated carbocycles. The van der Waals surface area contributed by atoms with E-state index in [4.69, 9.17) is 29.4 Å². The van der Waals surface area contributed by atoms with Crippen molar-refractivity contribution < 1.29 is 47.7 Å². The number of unbranched alkanes of at least 4 members (excludes halogenated alkanes) is 4. The predicted octanol–water partition coefficient (Wildman–Crippen LogP) is 5.99.